The molecule has 222 valence electrons. The van der Waals surface area contributed by atoms with Gasteiger partial charge in [-0.1, -0.05) is 35.3 Å². The van der Waals surface area contributed by atoms with Crippen LogP contribution in [-0.4, -0.2) is 86.6 Å². The van der Waals surface area contributed by atoms with E-state index in [9.17, 15) is 9.59 Å². The molecule has 2 aromatic heterocycles. The van der Waals surface area contributed by atoms with E-state index in [0.717, 1.165) is 35.5 Å². The molecule has 0 spiro atoms. The third-order valence-corrected chi connectivity index (χ3v) is 9.35. The summed E-state index contributed by atoms with van der Waals surface area (Å²) in [6.07, 6.45) is 3.69. The van der Waals surface area contributed by atoms with Crippen molar-refractivity contribution in [3.8, 4) is 5.69 Å². The van der Waals surface area contributed by atoms with Gasteiger partial charge in [0.25, 0.3) is 11.8 Å². The summed E-state index contributed by atoms with van der Waals surface area (Å²) in [5, 5.41) is 8.27. The minimum atomic E-state index is -0.114. The van der Waals surface area contributed by atoms with Crippen LogP contribution in [0.4, 0.5) is 5.69 Å². The van der Waals surface area contributed by atoms with Crippen molar-refractivity contribution in [2.24, 2.45) is 0 Å². The number of carbonyl (C=O) groups is 2. The second kappa shape index (κ2) is 12.1. The van der Waals surface area contributed by atoms with Crippen molar-refractivity contribution in [2.45, 2.75) is 19.9 Å². The predicted molar refractivity (Wildman–Crippen MR) is 172 cm³/mol. The fourth-order valence-corrected chi connectivity index (χ4v) is 6.66. The highest BCUT2D eigenvalue weighted by molar-refractivity contribution is 7.11. The number of allylic oxidation sites excluding steroid dienone is 1. The van der Waals surface area contributed by atoms with Crippen LogP contribution in [0.25, 0.3) is 17.3 Å². The zero-order chi connectivity index (χ0) is 30.2. The van der Waals surface area contributed by atoms with Gasteiger partial charge in [0, 0.05) is 73.2 Å². The number of amides is 2. The standard InChI is InChI=1S/C31H31Cl2N7O2S/c1-19(15-21-3-5-22(32)6-4-21)28-20(2)27(36-40(28)26-8-7-23(34)16-25(26)33)30(41)39-17-24(18-39)37-10-12-38(13-11-37)31(42)29-35-9-14-43-29/h3-9,14-16,24H,10-13,17-18,34H2,1-2H3/b19-15+. The Bertz CT molecular complexity index is 1690. The fraction of sp³-hybridized carbons (Fsp3) is 0.290. The molecule has 4 aromatic rings. The molecule has 0 bridgehead atoms. The number of hydrogen-bond acceptors (Lipinski definition) is 7. The number of nitrogens with zero attached hydrogens (tertiary/aromatic N) is 6. The Morgan fingerprint density at radius 3 is 2.37 bits per heavy atom. The van der Waals surface area contributed by atoms with Crippen molar-refractivity contribution >= 4 is 63.7 Å². The maximum absolute atomic E-state index is 13.8. The molecule has 2 saturated heterocycles. The number of likely N-dealkylation sites (tertiary alicyclic amines) is 1. The van der Waals surface area contributed by atoms with Crippen LogP contribution >= 0.6 is 34.5 Å². The molecule has 12 heteroatoms. The van der Waals surface area contributed by atoms with E-state index in [4.69, 9.17) is 34.0 Å². The number of benzene rings is 2. The summed E-state index contributed by atoms with van der Waals surface area (Å²) in [5.74, 6) is -0.124. The monoisotopic (exact) mass is 635 g/mol. The lowest BCUT2D eigenvalue weighted by Crippen LogP contribution is -2.64. The lowest BCUT2D eigenvalue weighted by Gasteiger charge is -2.47. The molecular weight excluding hydrogens is 605 g/mol. The zero-order valence-electron chi connectivity index (χ0n) is 23.8. The quantitative estimate of drug-likeness (QED) is 0.286. The molecular formula is C31H31Cl2N7O2S. The number of halogens is 2. The number of nitrogens with two attached hydrogens (primary N) is 1. The molecule has 0 unspecified atom stereocenters. The Morgan fingerprint density at radius 1 is 1.00 bits per heavy atom. The number of anilines is 1. The summed E-state index contributed by atoms with van der Waals surface area (Å²) in [5.41, 5.74) is 11.0. The second-order valence-corrected chi connectivity index (χ2v) is 12.6. The Balaban J connectivity index is 1.20. The topological polar surface area (TPSA) is 101 Å². The van der Waals surface area contributed by atoms with Gasteiger partial charge in [0.05, 0.1) is 16.4 Å². The van der Waals surface area contributed by atoms with Gasteiger partial charge in [-0.3, -0.25) is 14.5 Å². The van der Waals surface area contributed by atoms with Crippen LogP contribution in [0.3, 0.4) is 0 Å². The third-order valence-electron chi connectivity index (χ3n) is 8.03. The summed E-state index contributed by atoms with van der Waals surface area (Å²) < 4.78 is 1.74. The maximum atomic E-state index is 13.8. The number of rotatable bonds is 6. The normalized spacial score (nSPS) is 16.4. The molecule has 2 aliphatic heterocycles. The van der Waals surface area contributed by atoms with Crippen LogP contribution in [0, 0.1) is 6.92 Å². The third kappa shape index (κ3) is 5.92. The average molecular weight is 637 g/mol. The molecule has 0 saturated carbocycles. The molecule has 2 N–H and O–H groups in total. The number of hydrogen-bond donors (Lipinski definition) is 1. The van der Waals surface area contributed by atoms with E-state index >= 15 is 0 Å². The van der Waals surface area contributed by atoms with Gasteiger partial charge >= 0.3 is 0 Å². The van der Waals surface area contributed by atoms with Gasteiger partial charge < -0.3 is 15.5 Å². The highest BCUT2D eigenvalue weighted by Crippen LogP contribution is 2.32. The van der Waals surface area contributed by atoms with Crippen LogP contribution in [0.5, 0.6) is 0 Å². The fourth-order valence-electron chi connectivity index (χ4n) is 5.66. The number of piperazine rings is 1. The first-order valence-corrected chi connectivity index (χ1v) is 15.6. The molecule has 2 amide bonds. The molecule has 2 fully saturated rings. The van der Waals surface area contributed by atoms with E-state index < -0.39 is 0 Å². The highest BCUT2D eigenvalue weighted by atomic mass is 35.5. The van der Waals surface area contributed by atoms with Crippen molar-refractivity contribution in [1.82, 2.24) is 29.5 Å². The SMILES string of the molecule is C/C(=C\c1ccc(Cl)cc1)c1c(C)c(C(=O)N2CC(N3CCN(C(=O)c4nccs4)CC3)C2)nn1-c1ccc(N)cc1Cl. The van der Waals surface area contributed by atoms with E-state index in [1.54, 1.807) is 23.0 Å². The Morgan fingerprint density at radius 2 is 1.72 bits per heavy atom. The molecule has 0 atom stereocenters. The predicted octanol–water partition coefficient (Wildman–Crippen LogP) is 5.37. The maximum Gasteiger partial charge on any atom is 0.282 e. The number of nitrogen functional groups attached to an aromatic ring is 1. The molecule has 0 radical (unpaired) electrons. The minimum absolute atomic E-state index is 0.0106. The number of carbonyl (C=O) groups excluding carboxylic acids is 2. The molecule has 2 aromatic carbocycles. The summed E-state index contributed by atoms with van der Waals surface area (Å²) >= 11 is 14.1. The molecule has 6 rings (SSSR count). The summed E-state index contributed by atoms with van der Waals surface area (Å²) in [4.78, 5) is 36.6. The van der Waals surface area contributed by atoms with Gasteiger partial charge in [0.15, 0.2) is 10.7 Å². The minimum Gasteiger partial charge on any atom is -0.399 e. The van der Waals surface area contributed by atoms with Gasteiger partial charge in [-0.15, -0.1) is 11.3 Å². The first kappa shape index (κ1) is 29.4. The van der Waals surface area contributed by atoms with Crippen molar-refractivity contribution in [2.75, 3.05) is 45.0 Å². The van der Waals surface area contributed by atoms with Crippen molar-refractivity contribution in [3.63, 3.8) is 0 Å². The van der Waals surface area contributed by atoms with Gasteiger partial charge in [-0.05, 0) is 61.4 Å². The summed E-state index contributed by atoms with van der Waals surface area (Å²) in [7, 11) is 0. The highest BCUT2D eigenvalue weighted by Gasteiger charge is 2.39. The lowest BCUT2D eigenvalue weighted by atomic mass is 10.0. The van der Waals surface area contributed by atoms with E-state index in [0.29, 0.717) is 58.3 Å². The Kier molecular flexibility index (Phi) is 8.28. The van der Waals surface area contributed by atoms with E-state index in [2.05, 4.69) is 9.88 Å². The Labute approximate surface area is 264 Å². The number of aromatic nitrogens is 3. The molecule has 9 nitrogen and oxygen atoms in total. The van der Waals surface area contributed by atoms with Crippen LogP contribution in [0.1, 0.15) is 44.0 Å². The van der Waals surface area contributed by atoms with E-state index in [-0.39, 0.29) is 17.9 Å². The van der Waals surface area contributed by atoms with Crippen LogP contribution in [0.15, 0.2) is 54.0 Å². The average Bonchev–Trinajstić information content (AvgIpc) is 3.62. The largest absolute Gasteiger partial charge is 0.399 e. The lowest BCUT2D eigenvalue weighted by molar-refractivity contribution is 0.00817. The summed E-state index contributed by atoms with van der Waals surface area (Å²) in [6, 6.07) is 13.1. The first-order chi connectivity index (χ1) is 20.7. The zero-order valence-corrected chi connectivity index (χ0v) is 26.2. The molecule has 0 aliphatic carbocycles. The van der Waals surface area contributed by atoms with Gasteiger partial charge in [0.1, 0.15) is 0 Å². The number of thiazole rings is 1. The smallest absolute Gasteiger partial charge is 0.282 e. The van der Waals surface area contributed by atoms with E-state index in [1.165, 1.54) is 11.3 Å². The molecule has 43 heavy (non-hydrogen) atoms. The van der Waals surface area contributed by atoms with Crippen molar-refractivity contribution in [1.29, 1.82) is 0 Å². The first-order valence-electron chi connectivity index (χ1n) is 14.0. The van der Waals surface area contributed by atoms with Crippen LogP contribution < -0.4 is 5.73 Å². The van der Waals surface area contributed by atoms with Crippen LogP contribution in [-0.2, 0) is 0 Å². The van der Waals surface area contributed by atoms with Gasteiger partial charge in [-0.2, -0.15) is 5.10 Å². The summed E-state index contributed by atoms with van der Waals surface area (Å²) in [6.45, 7) is 7.98. The van der Waals surface area contributed by atoms with Crippen molar-refractivity contribution < 1.29 is 9.59 Å². The van der Waals surface area contributed by atoms with Gasteiger partial charge in [-0.25, -0.2) is 9.67 Å². The Hall–Kier alpha value is -3.70. The molecule has 4 heterocycles. The van der Waals surface area contributed by atoms with E-state index in [1.807, 2.05) is 65.4 Å². The van der Waals surface area contributed by atoms with Crippen LogP contribution in [0.2, 0.25) is 10.0 Å². The second-order valence-electron chi connectivity index (χ2n) is 10.9. The van der Waals surface area contributed by atoms with Crippen molar-refractivity contribution in [3.05, 3.63) is 91.6 Å². The molecule has 2 aliphatic rings. The van der Waals surface area contributed by atoms with Gasteiger partial charge in [0.2, 0.25) is 0 Å².